The summed E-state index contributed by atoms with van der Waals surface area (Å²) in [6.45, 7) is 5.02. The number of H-pyrrole nitrogens is 1. The maximum absolute atomic E-state index is 13.3. The molecule has 6 rings (SSSR count). The van der Waals surface area contributed by atoms with E-state index < -0.39 is 0 Å². The molecule has 2 heterocycles. The zero-order valence-electron chi connectivity index (χ0n) is 23.4. The first-order valence-corrected chi connectivity index (χ1v) is 14.2. The molecule has 42 heavy (non-hydrogen) atoms. The van der Waals surface area contributed by atoms with Crippen molar-refractivity contribution in [3.8, 4) is 0 Å². The number of nitro benzene ring substituents is 1. The van der Waals surface area contributed by atoms with Gasteiger partial charge in [0.2, 0.25) is 0 Å². The van der Waals surface area contributed by atoms with Crippen LogP contribution in [-0.4, -0.2) is 41.1 Å². The Labute approximate surface area is 242 Å². The number of para-hydroxylation sites is 2. The first-order valence-electron chi connectivity index (χ1n) is 14.2. The number of benzene rings is 4. The zero-order chi connectivity index (χ0) is 29.1. The number of fused-ring (bicyclic) bond motifs is 4. The quantitative estimate of drug-likeness (QED) is 0.0617. The summed E-state index contributed by atoms with van der Waals surface area (Å²) >= 11 is 0. The Bertz CT molecular complexity index is 2000. The maximum Gasteiger partial charge on any atom is 0.280 e. The number of hydrogen-bond donors (Lipinski definition) is 4. The Morgan fingerprint density at radius 1 is 0.786 bits per heavy atom. The van der Waals surface area contributed by atoms with Gasteiger partial charge in [0.1, 0.15) is 5.39 Å². The number of aryl methyl sites for hydroxylation is 1. The molecule has 0 aliphatic carbocycles. The van der Waals surface area contributed by atoms with Crippen molar-refractivity contribution >= 4 is 60.7 Å². The van der Waals surface area contributed by atoms with Gasteiger partial charge >= 0.3 is 0 Å². The van der Waals surface area contributed by atoms with E-state index >= 15 is 0 Å². The number of non-ortho nitro benzene ring substituents is 1. The van der Waals surface area contributed by atoms with Crippen LogP contribution in [0, 0.1) is 17.0 Å². The minimum Gasteiger partial charge on any atom is -0.384 e. The van der Waals surface area contributed by atoms with E-state index in [1.807, 2.05) is 73.7 Å². The summed E-state index contributed by atoms with van der Waals surface area (Å²) in [5.74, 6) is 0. The molecule has 0 spiro atoms. The van der Waals surface area contributed by atoms with Gasteiger partial charge in [0.05, 0.1) is 32.5 Å². The predicted molar refractivity (Wildman–Crippen MR) is 172 cm³/mol. The highest BCUT2D eigenvalue weighted by molar-refractivity contribution is 6.11. The molecule has 0 unspecified atom stereocenters. The molecule has 212 valence electrons. The average Bonchev–Trinajstić information content (AvgIpc) is 3.00. The van der Waals surface area contributed by atoms with E-state index in [1.165, 1.54) is 6.07 Å². The van der Waals surface area contributed by atoms with Gasteiger partial charge in [0.25, 0.3) is 5.69 Å². The van der Waals surface area contributed by atoms with Gasteiger partial charge in [-0.2, -0.15) is 0 Å². The third kappa shape index (κ3) is 5.22. The van der Waals surface area contributed by atoms with Gasteiger partial charge < -0.3 is 20.9 Å². The smallest absolute Gasteiger partial charge is 0.280 e. The van der Waals surface area contributed by atoms with Crippen LogP contribution in [0.25, 0.3) is 43.6 Å². The lowest BCUT2D eigenvalue weighted by Gasteiger charge is -2.14. The highest BCUT2D eigenvalue weighted by Gasteiger charge is 2.19. The molecule has 0 bridgehead atoms. The lowest BCUT2D eigenvalue weighted by Crippen LogP contribution is -2.21. The molecule has 4 aromatic carbocycles. The first kappa shape index (κ1) is 27.2. The van der Waals surface area contributed by atoms with E-state index in [2.05, 4.69) is 25.9 Å². The zero-order valence-corrected chi connectivity index (χ0v) is 23.4. The largest absolute Gasteiger partial charge is 0.384 e. The Morgan fingerprint density at radius 3 is 2.31 bits per heavy atom. The summed E-state index contributed by atoms with van der Waals surface area (Å²) in [5, 5.41) is 25.0. The van der Waals surface area contributed by atoms with E-state index in [4.69, 9.17) is 0 Å². The molecule has 0 atom stereocenters. The van der Waals surface area contributed by atoms with Crippen molar-refractivity contribution < 1.29 is 4.92 Å². The Morgan fingerprint density at radius 2 is 1.50 bits per heavy atom. The number of hydrogen-bond acceptors (Lipinski definition) is 7. The molecule has 2 aromatic heterocycles. The lowest BCUT2D eigenvalue weighted by atomic mass is 10.0. The summed E-state index contributed by atoms with van der Waals surface area (Å²) < 4.78 is 0. The van der Waals surface area contributed by atoms with Gasteiger partial charge in [-0.3, -0.25) is 14.9 Å². The number of rotatable bonds is 11. The molecule has 0 aliphatic rings. The van der Waals surface area contributed by atoms with Gasteiger partial charge in [0, 0.05) is 41.1 Å². The number of nitrogens with one attached hydrogen (secondary N) is 4. The highest BCUT2D eigenvalue weighted by atomic mass is 16.6. The van der Waals surface area contributed by atoms with Crippen molar-refractivity contribution in [2.24, 2.45) is 0 Å². The average molecular weight is 561 g/mol. The van der Waals surface area contributed by atoms with Crippen LogP contribution in [0.3, 0.4) is 0 Å². The summed E-state index contributed by atoms with van der Waals surface area (Å²) in [5.41, 5.74) is 5.84. The van der Waals surface area contributed by atoms with Gasteiger partial charge in [-0.25, -0.2) is 4.98 Å². The van der Waals surface area contributed by atoms with Crippen LogP contribution in [0.5, 0.6) is 0 Å². The summed E-state index contributed by atoms with van der Waals surface area (Å²) in [6, 6.07) is 24.3. The minimum absolute atomic E-state index is 0.0382. The van der Waals surface area contributed by atoms with E-state index in [0.717, 1.165) is 71.4 Å². The molecule has 0 amide bonds. The third-order valence-corrected chi connectivity index (χ3v) is 7.63. The lowest BCUT2D eigenvalue weighted by molar-refractivity contribution is -0.383. The van der Waals surface area contributed by atoms with Crippen molar-refractivity contribution in [3.63, 3.8) is 0 Å². The van der Waals surface area contributed by atoms with Gasteiger partial charge in [-0.05, 0) is 68.8 Å². The monoisotopic (exact) mass is 560 g/mol. The second kappa shape index (κ2) is 11.8. The molecular formula is C33H32N6O3. The van der Waals surface area contributed by atoms with Crippen LogP contribution in [0.4, 0.5) is 17.1 Å². The topological polar surface area (TPSA) is 125 Å². The fraction of sp³-hybridized carbons (Fsp3) is 0.212. The normalized spacial score (nSPS) is 11.5. The van der Waals surface area contributed by atoms with Gasteiger partial charge in [-0.15, -0.1) is 0 Å². The molecule has 6 aromatic rings. The number of nitro groups is 1. The van der Waals surface area contributed by atoms with Crippen LogP contribution in [0.15, 0.2) is 83.7 Å². The number of aromatic nitrogens is 2. The van der Waals surface area contributed by atoms with Crippen LogP contribution < -0.4 is 21.4 Å². The standard InChI is InChI=1S/C33H32N6O3/c1-21-15-16-26(30-31(21)38-25-12-5-3-10-23(25)33(30)40)35-19-7-17-34-18-8-20-36-32-22-9-2-4-11-24(22)37-27-13-6-14-28(29(27)32)39(41)42/h2-6,9-16,34-35H,7-8,17-20H2,1H3,(H,36,37)(H,38,40). The highest BCUT2D eigenvalue weighted by Crippen LogP contribution is 2.36. The Hall–Kier alpha value is -5.02. The van der Waals surface area contributed by atoms with Crippen molar-refractivity contribution in [2.45, 2.75) is 19.8 Å². The van der Waals surface area contributed by atoms with Crippen LogP contribution in [0.2, 0.25) is 0 Å². The van der Waals surface area contributed by atoms with Crippen molar-refractivity contribution in [1.82, 2.24) is 15.3 Å². The number of aromatic amines is 1. The van der Waals surface area contributed by atoms with Crippen molar-refractivity contribution in [3.05, 3.63) is 105 Å². The van der Waals surface area contributed by atoms with E-state index in [1.54, 1.807) is 6.07 Å². The molecule has 0 radical (unpaired) electrons. The maximum atomic E-state index is 13.3. The molecule has 9 nitrogen and oxygen atoms in total. The predicted octanol–water partition coefficient (Wildman–Crippen LogP) is 6.49. The number of nitrogens with zero attached hydrogens (tertiary/aromatic N) is 2. The number of pyridine rings is 2. The first-order chi connectivity index (χ1) is 20.5. The fourth-order valence-corrected chi connectivity index (χ4v) is 5.56. The molecule has 0 aliphatic heterocycles. The summed E-state index contributed by atoms with van der Waals surface area (Å²) in [7, 11) is 0. The van der Waals surface area contributed by atoms with E-state index in [-0.39, 0.29) is 16.0 Å². The molecule has 0 fully saturated rings. The van der Waals surface area contributed by atoms with Gasteiger partial charge in [0.15, 0.2) is 5.43 Å². The van der Waals surface area contributed by atoms with Crippen molar-refractivity contribution in [1.29, 1.82) is 0 Å². The third-order valence-electron chi connectivity index (χ3n) is 7.63. The molecule has 0 saturated carbocycles. The fourth-order valence-electron chi connectivity index (χ4n) is 5.56. The second-order valence-corrected chi connectivity index (χ2v) is 10.4. The molecule has 9 heteroatoms. The van der Waals surface area contributed by atoms with Crippen LogP contribution in [0.1, 0.15) is 18.4 Å². The number of anilines is 2. The Balaban J connectivity index is 1.04. The molecular weight excluding hydrogens is 528 g/mol. The van der Waals surface area contributed by atoms with Gasteiger partial charge in [-0.1, -0.05) is 42.5 Å². The Kier molecular flexibility index (Phi) is 7.66. The summed E-state index contributed by atoms with van der Waals surface area (Å²) in [4.78, 5) is 32.8. The SMILES string of the molecule is Cc1ccc(NCCCNCCCNc2c3ccccc3nc3cccc([N+](=O)[O-])c23)c2c(=O)c3ccccc3[nH]c12. The second-order valence-electron chi connectivity index (χ2n) is 10.4. The van der Waals surface area contributed by atoms with Crippen LogP contribution >= 0.6 is 0 Å². The van der Waals surface area contributed by atoms with E-state index in [9.17, 15) is 14.9 Å². The van der Waals surface area contributed by atoms with Crippen molar-refractivity contribution in [2.75, 3.05) is 36.8 Å². The molecule has 4 N–H and O–H groups in total. The van der Waals surface area contributed by atoms with Crippen LogP contribution in [-0.2, 0) is 0 Å². The van der Waals surface area contributed by atoms with E-state index in [0.29, 0.717) is 28.2 Å². The molecule has 0 saturated heterocycles. The summed E-state index contributed by atoms with van der Waals surface area (Å²) in [6.07, 6.45) is 1.73. The minimum atomic E-state index is -0.350.